The summed E-state index contributed by atoms with van der Waals surface area (Å²) < 4.78 is 1.83. The predicted octanol–water partition coefficient (Wildman–Crippen LogP) is 0.527. The molecule has 1 aliphatic rings. The lowest BCUT2D eigenvalue weighted by atomic mass is 9.93. The maximum Gasteiger partial charge on any atom is 0.257 e. The Bertz CT molecular complexity index is 472. The van der Waals surface area contributed by atoms with Crippen LogP contribution < -0.4 is 5.73 Å². The van der Waals surface area contributed by atoms with Crippen molar-refractivity contribution in [3.8, 4) is 0 Å². The summed E-state index contributed by atoms with van der Waals surface area (Å²) in [4.78, 5) is 14.3. The maximum atomic E-state index is 12.5. The van der Waals surface area contributed by atoms with Crippen molar-refractivity contribution in [1.29, 1.82) is 0 Å². The Labute approximate surface area is 119 Å². The van der Waals surface area contributed by atoms with Crippen molar-refractivity contribution in [3.63, 3.8) is 0 Å². The zero-order valence-corrected chi connectivity index (χ0v) is 12.3. The first-order valence-electron chi connectivity index (χ1n) is 7.19. The van der Waals surface area contributed by atoms with E-state index in [0.29, 0.717) is 38.0 Å². The van der Waals surface area contributed by atoms with E-state index in [4.69, 9.17) is 5.73 Å². The summed E-state index contributed by atoms with van der Waals surface area (Å²) in [5.74, 6) is 0.0111. The Balaban J connectivity index is 2.04. The lowest BCUT2D eigenvalue weighted by Crippen LogP contribution is -2.45. The van der Waals surface area contributed by atoms with Gasteiger partial charge in [-0.1, -0.05) is 0 Å². The van der Waals surface area contributed by atoms with Gasteiger partial charge in [-0.15, -0.1) is 0 Å². The number of piperidine rings is 1. The largest absolute Gasteiger partial charge is 0.390 e. The summed E-state index contributed by atoms with van der Waals surface area (Å²) >= 11 is 0. The highest BCUT2D eigenvalue weighted by Gasteiger charge is 2.31. The molecule has 0 radical (unpaired) electrons. The Morgan fingerprint density at radius 2 is 2.15 bits per heavy atom. The summed E-state index contributed by atoms with van der Waals surface area (Å²) in [5, 5.41) is 14.2. The zero-order valence-electron chi connectivity index (χ0n) is 12.3. The van der Waals surface area contributed by atoms with Gasteiger partial charge in [-0.05, 0) is 39.7 Å². The fourth-order valence-corrected chi connectivity index (χ4v) is 2.48. The van der Waals surface area contributed by atoms with Crippen molar-refractivity contribution < 1.29 is 9.90 Å². The number of carbonyl (C=O) groups excluding carboxylic acids is 1. The molecule has 112 valence electrons. The molecule has 1 fully saturated rings. The number of likely N-dealkylation sites (tertiary alicyclic amines) is 1. The molecule has 0 bridgehead atoms. The molecule has 2 heterocycles. The van der Waals surface area contributed by atoms with E-state index in [1.54, 1.807) is 11.1 Å². The SMILES string of the molecule is Cc1c(C(=O)N2CCC(C)(O)CC2)cnn1CCCN. The number of amides is 1. The van der Waals surface area contributed by atoms with E-state index in [0.717, 1.165) is 18.7 Å². The molecule has 6 heteroatoms. The van der Waals surface area contributed by atoms with E-state index in [1.165, 1.54) is 0 Å². The molecule has 0 saturated carbocycles. The van der Waals surface area contributed by atoms with Crippen LogP contribution in [0.1, 0.15) is 42.2 Å². The van der Waals surface area contributed by atoms with Crippen LogP contribution in [-0.2, 0) is 6.54 Å². The highest BCUT2D eigenvalue weighted by molar-refractivity contribution is 5.95. The number of rotatable bonds is 4. The fraction of sp³-hybridized carbons (Fsp3) is 0.714. The van der Waals surface area contributed by atoms with E-state index in [9.17, 15) is 9.90 Å². The molecule has 1 aromatic rings. The van der Waals surface area contributed by atoms with E-state index < -0.39 is 5.60 Å². The standard InChI is InChI=1S/C14H24N4O2/c1-11-12(10-16-18(11)7-3-6-15)13(19)17-8-4-14(2,20)5-9-17/h10,20H,3-9,15H2,1-2H3. The number of aryl methyl sites for hydroxylation is 1. The van der Waals surface area contributed by atoms with Crippen LogP contribution in [-0.4, -0.2) is 50.9 Å². The minimum absolute atomic E-state index is 0.0111. The molecule has 1 aliphatic heterocycles. The minimum Gasteiger partial charge on any atom is -0.390 e. The molecule has 3 N–H and O–H groups in total. The van der Waals surface area contributed by atoms with Crippen molar-refractivity contribution in [3.05, 3.63) is 17.5 Å². The average Bonchev–Trinajstić information content (AvgIpc) is 2.77. The molecule has 6 nitrogen and oxygen atoms in total. The highest BCUT2D eigenvalue weighted by Crippen LogP contribution is 2.23. The normalized spacial score (nSPS) is 18.3. The van der Waals surface area contributed by atoms with Gasteiger partial charge in [0.1, 0.15) is 0 Å². The molecule has 1 saturated heterocycles. The van der Waals surface area contributed by atoms with Gasteiger partial charge in [0.2, 0.25) is 0 Å². The molecular formula is C14H24N4O2. The summed E-state index contributed by atoms with van der Waals surface area (Å²) in [5.41, 5.74) is 6.40. The van der Waals surface area contributed by atoms with Crippen LogP contribution in [0.4, 0.5) is 0 Å². The maximum absolute atomic E-state index is 12.5. The third-order valence-electron chi connectivity index (χ3n) is 4.04. The molecule has 0 spiro atoms. The number of hydrogen-bond donors (Lipinski definition) is 2. The second kappa shape index (κ2) is 5.93. The first kappa shape index (κ1) is 15.0. The van der Waals surface area contributed by atoms with Gasteiger partial charge in [-0.25, -0.2) is 0 Å². The first-order chi connectivity index (χ1) is 9.44. The van der Waals surface area contributed by atoms with E-state index >= 15 is 0 Å². The molecule has 20 heavy (non-hydrogen) atoms. The van der Waals surface area contributed by atoms with Gasteiger partial charge >= 0.3 is 0 Å². The number of nitrogens with zero attached hydrogens (tertiary/aromatic N) is 3. The van der Waals surface area contributed by atoms with Crippen molar-refractivity contribution in [2.45, 2.75) is 45.3 Å². The number of hydrogen-bond acceptors (Lipinski definition) is 4. The van der Waals surface area contributed by atoms with Crippen molar-refractivity contribution in [2.75, 3.05) is 19.6 Å². The molecule has 2 rings (SSSR count). The molecule has 0 atom stereocenters. The first-order valence-corrected chi connectivity index (χ1v) is 7.19. The van der Waals surface area contributed by atoms with Gasteiger partial charge < -0.3 is 15.7 Å². The van der Waals surface area contributed by atoms with E-state index in [1.807, 2.05) is 18.5 Å². The van der Waals surface area contributed by atoms with E-state index in [-0.39, 0.29) is 5.91 Å². The molecule has 1 aromatic heterocycles. The Hall–Kier alpha value is -1.40. The minimum atomic E-state index is -0.642. The number of carbonyl (C=O) groups is 1. The summed E-state index contributed by atoms with van der Waals surface area (Å²) in [6.07, 6.45) is 3.74. The van der Waals surface area contributed by atoms with Crippen molar-refractivity contribution in [2.24, 2.45) is 5.73 Å². The monoisotopic (exact) mass is 280 g/mol. The van der Waals surface area contributed by atoms with Gasteiger partial charge in [0, 0.05) is 25.3 Å². The van der Waals surface area contributed by atoms with Gasteiger partial charge in [0.15, 0.2) is 0 Å². The topological polar surface area (TPSA) is 84.4 Å². The summed E-state index contributed by atoms with van der Waals surface area (Å²) in [6.45, 7) is 6.29. The smallest absolute Gasteiger partial charge is 0.257 e. The van der Waals surface area contributed by atoms with Crippen LogP contribution >= 0.6 is 0 Å². The van der Waals surface area contributed by atoms with Crippen molar-refractivity contribution in [1.82, 2.24) is 14.7 Å². The molecule has 1 amide bonds. The quantitative estimate of drug-likeness (QED) is 0.842. The van der Waals surface area contributed by atoms with Gasteiger partial charge in [0.05, 0.1) is 17.4 Å². The lowest BCUT2D eigenvalue weighted by Gasteiger charge is -2.35. The Morgan fingerprint density at radius 1 is 1.50 bits per heavy atom. The fourth-order valence-electron chi connectivity index (χ4n) is 2.48. The predicted molar refractivity (Wildman–Crippen MR) is 76.4 cm³/mol. The second-order valence-electron chi connectivity index (χ2n) is 5.80. The number of aromatic nitrogens is 2. The molecule has 0 unspecified atom stereocenters. The average molecular weight is 280 g/mol. The Morgan fingerprint density at radius 3 is 2.75 bits per heavy atom. The molecule has 0 aromatic carbocycles. The zero-order chi connectivity index (χ0) is 14.8. The van der Waals surface area contributed by atoms with Crippen molar-refractivity contribution >= 4 is 5.91 Å². The van der Waals surface area contributed by atoms with Crippen LogP contribution in [0.25, 0.3) is 0 Å². The Kier molecular flexibility index (Phi) is 4.45. The summed E-state index contributed by atoms with van der Waals surface area (Å²) in [6, 6.07) is 0. The third kappa shape index (κ3) is 3.19. The summed E-state index contributed by atoms with van der Waals surface area (Å²) in [7, 11) is 0. The van der Waals surface area contributed by atoms with Crippen LogP contribution in [0.3, 0.4) is 0 Å². The number of nitrogens with two attached hydrogens (primary N) is 1. The van der Waals surface area contributed by atoms with Crippen LogP contribution in [0.15, 0.2) is 6.20 Å². The van der Waals surface area contributed by atoms with E-state index in [2.05, 4.69) is 5.10 Å². The van der Waals surface area contributed by atoms with Gasteiger partial charge in [0.25, 0.3) is 5.91 Å². The molecular weight excluding hydrogens is 256 g/mol. The lowest BCUT2D eigenvalue weighted by molar-refractivity contribution is -0.00204. The van der Waals surface area contributed by atoms with Gasteiger partial charge in [-0.2, -0.15) is 5.10 Å². The van der Waals surface area contributed by atoms with Gasteiger partial charge in [-0.3, -0.25) is 9.48 Å². The van der Waals surface area contributed by atoms with Crippen LogP contribution in [0.5, 0.6) is 0 Å². The highest BCUT2D eigenvalue weighted by atomic mass is 16.3. The number of aliphatic hydroxyl groups is 1. The second-order valence-corrected chi connectivity index (χ2v) is 5.80. The van der Waals surface area contributed by atoms with Crippen LogP contribution in [0.2, 0.25) is 0 Å². The van der Waals surface area contributed by atoms with Crippen LogP contribution in [0, 0.1) is 6.92 Å². The third-order valence-corrected chi connectivity index (χ3v) is 4.04. The molecule has 0 aliphatic carbocycles.